The van der Waals surface area contributed by atoms with E-state index in [9.17, 15) is 9.90 Å². The molecule has 0 bridgehead atoms. The standard InChI is InChI=1S/C24H37ClN6O4/c1-4-6-17(13-28-24(34)20-22(26)30-23(27)21(25)29-20)31(2,3)12-5-7-16-8-10-19(11-9-16)35-15-18(33)14-32/h8-11,17-18,32-33H,4-7,12-15H2,1-3H3,(H4-,26,27,28,30,34)/p+1/t17-,18-/m0/s1. The van der Waals surface area contributed by atoms with Crippen molar-refractivity contribution in [2.45, 2.75) is 44.8 Å². The first-order chi connectivity index (χ1) is 16.6. The minimum atomic E-state index is -0.884. The van der Waals surface area contributed by atoms with Crippen LogP contribution in [0.3, 0.4) is 0 Å². The van der Waals surface area contributed by atoms with Crippen molar-refractivity contribution in [3.63, 3.8) is 0 Å². The van der Waals surface area contributed by atoms with E-state index in [1.165, 1.54) is 5.56 Å². The lowest BCUT2D eigenvalue weighted by atomic mass is 10.1. The van der Waals surface area contributed by atoms with Gasteiger partial charge in [0.2, 0.25) is 0 Å². The molecule has 1 heterocycles. The second kappa shape index (κ2) is 13.4. The number of anilines is 2. The number of aliphatic hydroxyl groups is 2. The van der Waals surface area contributed by atoms with Gasteiger partial charge in [-0.15, -0.1) is 0 Å². The number of quaternary nitrogens is 1. The summed E-state index contributed by atoms with van der Waals surface area (Å²) < 4.78 is 6.20. The minimum Gasteiger partial charge on any atom is -0.491 e. The van der Waals surface area contributed by atoms with Crippen LogP contribution in [0.25, 0.3) is 0 Å². The molecule has 10 nitrogen and oxygen atoms in total. The van der Waals surface area contributed by atoms with Gasteiger partial charge in [-0.3, -0.25) is 4.79 Å². The van der Waals surface area contributed by atoms with Crippen LogP contribution in [-0.4, -0.2) is 83.1 Å². The van der Waals surface area contributed by atoms with E-state index in [1.54, 1.807) is 0 Å². The van der Waals surface area contributed by atoms with Crippen molar-refractivity contribution in [1.29, 1.82) is 0 Å². The molecular weight excluding hydrogens is 472 g/mol. The van der Waals surface area contributed by atoms with Crippen molar-refractivity contribution in [2.75, 3.05) is 51.9 Å². The predicted molar refractivity (Wildman–Crippen MR) is 137 cm³/mol. The average Bonchev–Trinajstić information content (AvgIpc) is 2.82. The Morgan fingerprint density at radius 3 is 2.51 bits per heavy atom. The Morgan fingerprint density at radius 1 is 1.20 bits per heavy atom. The maximum absolute atomic E-state index is 12.7. The molecule has 2 rings (SSSR count). The van der Waals surface area contributed by atoms with Crippen LogP contribution < -0.4 is 21.5 Å². The SMILES string of the molecule is CCC[C@@H](CNC(=O)c1nc(Cl)c(N)nc1N)[N+](C)(C)CCCc1ccc(OC[C@@H](O)CO)cc1. The summed E-state index contributed by atoms with van der Waals surface area (Å²) in [6.07, 6.45) is 2.93. The number of amides is 1. The topological polar surface area (TPSA) is 157 Å². The molecule has 0 radical (unpaired) electrons. The quantitative estimate of drug-likeness (QED) is 0.240. The summed E-state index contributed by atoms with van der Waals surface area (Å²) >= 11 is 5.90. The zero-order chi connectivity index (χ0) is 26.0. The number of ether oxygens (including phenoxy) is 1. The normalized spacial score (nSPS) is 13.3. The van der Waals surface area contributed by atoms with Gasteiger partial charge in [0.05, 0.1) is 33.8 Å². The molecule has 0 spiro atoms. The average molecular weight is 510 g/mol. The molecule has 1 amide bonds. The number of nitrogens with zero attached hydrogens (tertiary/aromatic N) is 3. The fourth-order valence-corrected chi connectivity index (χ4v) is 3.93. The molecule has 0 saturated heterocycles. The number of nitrogens with two attached hydrogens (primary N) is 2. The van der Waals surface area contributed by atoms with Crippen molar-refractivity contribution in [3.05, 3.63) is 40.7 Å². The molecule has 0 aliphatic carbocycles. The molecule has 35 heavy (non-hydrogen) atoms. The van der Waals surface area contributed by atoms with Crippen LogP contribution >= 0.6 is 11.6 Å². The predicted octanol–water partition coefficient (Wildman–Crippen LogP) is 1.63. The van der Waals surface area contributed by atoms with E-state index >= 15 is 0 Å². The molecular formula is C24H38ClN6O4+. The monoisotopic (exact) mass is 509 g/mol. The molecule has 0 unspecified atom stereocenters. The molecule has 0 aliphatic heterocycles. The maximum atomic E-state index is 12.7. The molecule has 1 aromatic heterocycles. The van der Waals surface area contributed by atoms with Crippen LogP contribution in [0, 0.1) is 0 Å². The number of nitrogen functional groups attached to an aromatic ring is 2. The molecule has 1 aromatic carbocycles. The molecule has 2 aromatic rings. The van der Waals surface area contributed by atoms with Gasteiger partial charge >= 0.3 is 0 Å². The fraction of sp³-hybridized carbons (Fsp3) is 0.542. The second-order valence-corrected chi connectivity index (χ2v) is 9.54. The van der Waals surface area contributed by atoms with Crippen molar-refractivity contribution < 1.29 is 24.2 Å². The number of aromatic nitrogens is 2. The Labute approximate surface area is 211 Å². The first-order valence-electron chi connectivity index (χ1n) is 11.8. The lowest BCUT2D eigenvalue weighted by Crippen LogP contribution is -2.54. The van der Waals surface area contributed by atoms with Gasteiger partial charge in [-0.05, 0) is 24.1 Å². The molecule has 0 saturated carbocycles. The number of hydrogen-bond donors (Lipinski definition) is 5. The zero-order valence-corrected chi connectivity index (χ0v) is 21.5. The Balaban J connectivity index is 1.90. The molecule has 11 heteroatoms. The number of hydrogen-bond acceptors (Lipinski definition) is 8. The van der Waals surface area contributed by atoms with E-state index in [-0.39, 0.29) is 41.7 Å². The third kappa shape index (κ3) is 8.81. The molecule has 0 fully saturated rings. The van der Waals surface area contributed by atoms with Gasteiger partial charge in [-0.2, -0.15) is 0 Å². The molecule has 0 aliphatic rings. The third-order valence-corrected chi connectivity index (χ3v) is 6.28. The first-order valence-corrected chi connectivity index (χ1v) is 12.1. The molecule has 194 valence electrons. The van der Waals surface area contributed by atoms with Crippen LogP contribution in [0.1, 0.15) is 42.2 Å². The largest absolute Gasteiger partial charge is 0.491 e. The third-order valence-electron chi connectivity index (χ3n) is 6.00. The van der Waals surface area contributed by atoms with Gasteiger partial charge < -0.3 is 36.2 Å². The number of rotatable bonds is 14. The highest BCUT2D eigenvalue weighted by atomic mass is 35.5. The van der Waals surface area contributed by atoms with Crippen LogP contribution in [0.4, 0.5) is 11.6 Å². The van der Waals surface area contributed by atoms with E-state index in [0.717, 1.165) is 36.7 Å². The van der Waals surface area contributed by atoms with Crippen molar-refractivity contribution in [3.8, 4) is 5.75 Å². The lowest BCUT2D eigenvalue weighted by Gasteiger charge is -2.38. The second-order valence-electron chi connectivity index (χ2n) is 9.18. The van der Waals surface area contributed by atoms with E-state index in [1.807, 2.05) is 24.3 Å². The van der Waals surface area contributed by atoms with Crippen LogP contribution in [0.5, 0.6) is 5.75 Å². The van der Waals surface area contributed by atoms with Gasteiger partial charge in [0, 0.05) is 12.8 Å². The van der Waals surface area contributed by atoms with Gasteiger partial charge in [0.25, 0.3) is 5.91 Å². The van der Waals surface area contributed by atoms with E-state index in [0.29, 0.717) is 12.3 Å². The van der Waals surface area contributed by atoms with Crippen molar-refractivity contribution >= 4 is 29.1 Å². The lowest BCUT2D eigenvalue weighted by molar-refractivity contribution is -0.914. The maximum Gasteiger partial charge on any atom is 0.274 e. The van der Waals surface area contributed by atoms with Crippen LogP contribution in [0.15, 0.2) is 24.3 Å². The summed E-state index contributed by atoms with van der Waals surface area (Å²) in [5.74, 6) is 0.173. The summed E-state index contributed by atoms with van der Waals surface area (Å²) in [5.41, 5.74) is 12.6. The summed E-state index contributed by atoms with van der Waals surface area (Å²) in [5, 5.41) is 21.1. The number of carbonyl (C=O) groups is 1. The number of carbonyl (C=O) groups excluding carboxylic acids is 1. The zero-order valence-electron chi connectivity index (χ0n) is 20.7. The van der Waals surface area contributed by atoms with Crippen LogP contribution in [-0.2, 0) is 6.42 Å². The summed E-state index contributed by atoms with van der Waals surface area (Å²) in [4.78, 5) is 20.5. The highest BCUT2D eigenvalue weighted by molar-refractivity contribution is 6.31. The number of aliphatic hydroxyl groups excluding tert-OH is 2. The van der Waals surface area contributed by atoms with Gasteiger partial charge in [0.1, 0.15) is 24.5 Å². The number of aryl methyl sites for hydroxylation is 1. The van der Waals surface area contributed by atoms with E-state index in [2.05, 4.69) is 36.3 Å². The highest BCUT2D eigenvalue weighted by Crippen LogP contribution is 2.19. The number of benzene rings is 1. The summed E-state index contributed by atoms with van der Waals surface area (Å²) in [6, 6.07) is 7.96. The minimum absolute atomic E-state index is 0.00922. The van der Waals surface area contributed by atoms with Gasteiger partial charge in [-0.25, -0.2) is 9.97 Å². The first kappa shape index (κ1) is 28.6. The number of likely N-dealkylation sites (N-methyl/N-ethyl adjacent to an activating group) is 1. The van der Waals surface area contributed by atoms with E-state index < -0.39 is 12.0 Å². The van der Waals surface area contributed by atoms with Crippen molar-refractivity contribution in [1.82, 2.24) is 15.3 Å². The smallest absolute Gasteiger partial charge is 0.274 e. The highest BCUT2D eigenvalue weighted by Gasteiger charge is 2.28. The Kier molecular flexibility index (Phi) is 11.0. The number of nitrogens with one attached hydrogen (secondary N) is 1. The number of halogens is 1. The summed E-state index contributed by atoms with van der Waals surface area (Å²) in [6.45, 7) is 3.25. The fourth-order valence-electron chi connectivity index (χ4n) is 3.81. The van der Waals surface area contributed by atoms with E-state index in [4.69, 9.17) is 32.9 Å². The van der Waals surface area contributed by atoms with Gasteiger partial charge in [0.15, 0.2) is 22.5 Å². The molecule has 2 atom stereocenters. The Morgan fingerprint density at radius 2 is 1.89 bits per heavy atom. The Hall–Kier alpha value is -2.66. The van der Waals surface area contributed by atoms with Crippen molar-refractivity contribution in [2.24, 2.45) is 0 Å². The summed E-state index contributed by atoms with van der Waals surface area (Å²) in [7, 11) is 4.34. The molecule has 7 N–H and O–H groups in total. The Bertz CT molecular complexity index is 958. The van der Waals surface area contributed by atoms with Crippen LogP contribution in [0.2, 0.25) is 5.15 Å². The van der Waals surface area contributed by atoms with Gasteiger partial charge in [-0.1, -0.05) is 37.1 Å².